The first kappa shape index (κ1) is 11.1. The van der Waals surface area contributed by atoms with E-state index in [0.29, 0.717) is 0 Å². The van der Waals surface area contributed by atoms with Crippen LogP contribution in [0, 0.1) is 6.92 Å². The van der Waals surface area contributed by atoms with Gasteiger partial charge in [0.1, 0.15) is 4.34 Å². The number of thioether (sulfide) groups is 1. The first-order chi connectivity index (χ1) is 7.24. The molecule has 0 spiro atoms. The van der Waals surface area contributed by atoms with Gasteiger partial charge in [-0.3, -0.25) is 4.98 Å². The number of thiazole rings is 1. The molecule has 5 heteroatoms. The monoisotopic (exact) mass is 300 g/mol. The fourth-order valence-electron chi connectivity index (χ4n) is 1.03. The Hall–Kier alpha value is -0.390. The van der Waals surface area contributed by atoms with Gasteiger partial charge in [-0.2, -0.15) is 0 Å². The lowest BCUT2D eigenvalue weighted by Crippen LogP contribution is -1.85. The van der Waals surface area contributed by atoms with Gasteiger partial charge in [-0.15, -0.1) is 11.3 Å². The minimum absolute atomic E-state index is 0.875. The topological polar surface area (TPSA) is 25.8 Å². The summed E-state index contributed by atoms with van der Waals surface area (Å²) in [6.45, 7) is 2.01. The van der Waals surface area contributed by atoms with Crippen LogP contribution in [0.3, 0.4) is 0 Å². The van der Waals surface area contributed by atoms with Crippen molar-refractivity contribution in [3.63, 3.8) is 0 Å². The Labute approximate surface area is 105 Å². The maximum Gasteiger partial charge on any atom is 0.150 e. The molecule has 0 atom stereocenters. The summed E-state index contributed by atoms with van der Waals surface area (Å²) in [5, 5.41) is 2.07. The van der Waals surface area contributed by atoms with Crippen molar-refractivity contribution < 1.29 is 0 Å². The molecule has 78 valence electrons. The summed E-state index contributed by atoms with van der Waals surface area (Å²) in [5.74, 6) is 0.875. The summed E-state index contributed by atoms with van der Waals surface area (Å²) in [6, 6.07) is 4.04. The SMILES string of the molecule is Cc1csc(SCc2ccc(Br)cn2)n1. The molecule has 2 aromatic rings. The van der Waals surface area contributed by atoms with E-state index in [1.165, 1.54) is 0 Å². The molecule has 2 rings (SSSR count). The first-order valence-electron chi connectivity index (χ1n) is 4.39. The number of pyridine rings is 1. The van der Waals surface area contributed by atoms with Gasteiger partial charge in [0.25, 0.3) is 0 Å². The molecule has 0 amide bonds. The Bertz CT molecular complexity index is 439. The van der Waals surface area contributed by atoms with Crippen molar-refractivity contribution in [1.29, 1.82) is 0 Å². The van der Waals surface area contributed by atoms with Crippen molar-refractivity contribution in [1.82, 2.24) is 9.97 Å². The molecule has 0 aliphatic carbocycles. The second-order valence-corrected chi connectivity index (χ2v) is 6.01. The van der Waals surface area contributed by atoms with Gasteiger partial charge in [-0.25, -0.2) is 4.98 Å². The lowest BCUT2D eigenvalue weighted by atomic mass is 10.4. The molecule has 0 radical (unpaired) electrons. The predicted molar refractivity (Wildman–Crippen MR) is 68.3 cm³/mol. The van der Waals surface area contributed by atoms with Gasteiger partial charge in [0.15, 0.2) is 0 Å². The summed E-state index contributed by atoms with van der Waals surface area (Å²) in [4.78, 5) is 8.70. The average Bonchev–Trinajstić information content (AvgIpc) is 2.64. The number of aromatic nitrogens is 2. The maximum absolute atomic E-state index is 4.39. The molecule has 0 fully saturated rings. The van der Waals surface area contributed by atoms with Gasteiger partial charge >= 0.3 is 0 Å². The zero-order valence-corrected chi connectivity index (χ0v) is 11.3. The molecule has 0 aliphatic heterocycles. The number of hydrogen-bond donors (Lipinski definition) is 0. The third-order valence-corrected chi connectivity index (χ3v) is 4.37. The van der Waals surface area contributed by atoms with Crippen molar-refractivity contribution in [3.8, 4) is 0 Å². The highest BCUT2D eigenvalue weighted by Crippen LogP contribution is 2.25. The van der Waals surface area contributed by atoms with Gasteiger partial charge in [-0.1, -0.05) is 11.8 Å². The van der Waals surface area contributed by atoms with Crippen LogP contribution in [0.1, 0.15) is 11.4 Å². The van der Waals surface area contributed by atoms with E-state index < -0.39 is 0 Å². The highest BCUT2D eigenvalue weighted by Gasteiger charge is 2.01. The van der Waals surface area contributed by atoms with Crippen molar-refractivity contribution in [3.05, 3.63) is 39.6 Å². The third kappa shape index (κ3) is 3.29. The quantitative estimate of drug-likeness (QED) is 0.804. The minimum Gasteiger partial charge on any atom is -0.259 e. The molecule has 0 bridgehead atoms. The molecule has 2 nitrogen and oxygen atoms in total. The van der Waals surface area contributed by atoms with E-state index in [2.05, 4.69) is 31.3 Å². The fraction of sp³-hybridized carbons (Fsp3) is 0.200. The Morgan fingerprint density at radius 2 is 2.33 bits per heavy atom. The number of hydrogen-bond acceptors (Lipinski definition) is 4. The summed E-state index contributed by atoms with van der Waals surface area (Å²) < 4.78 is 2.12. The first-order valence-corrected chi connectivity index (χ1v) is 7.05. The molecule has 0 aromatic carbocycles. The fourth-order valence-corrected chi connectivity index (χ4v) is 3.03. The van der Waals surface area contributed by atoms with Crippen LogP contribution in [0.2, 0.25) is 0 Å². The molecule has 2 aromatic heterocycles. The summed E-state index contributed by atoms with van der Waals surface area (Å²) >= 11 is 6.78. The number of aryl methyl sites for hydroxylation is 1. The van der Waals surface area contributed by atoms with Crippen LogP contribution < -0.4 is 0 Å². The standard InChI is InChI=1S/C10H9BrN2S2/c1-7-5-14-10(13-7)15-6-9-3-2-8(11)4-12-9/h2-5H,6H2,1H3. The van der Waals surface area contributed by atoms with E-state index in [4.69, 9.17) is 0 Å². The second-order valence-electron chi connectivity index (χ2n) is 3.01. The number of nitrogens with zero attached hydrogens (tertiary/aromatic N) is 2. The molecular formula is C10H9BrN2S2. The predicted octanol–water partition coefficient (Wildman–Crippen LogP) is 3.90. The zero-order chi connectivity index (χ0) is 10.7. The van der Waals surface area contributed by atoms with Crippen LogP contribution in [0.4, 0.5) is 0 Å². The highest BCUT2D eigenvalue weighted by atomic mass is 79.9. The lowest BCUT2D eigenvalue weighted by Gasteiger charge is -1.97. The Kier molecular flexibility index (Phi) is 3.77. The van der Waals surface area contributed by atoms with Crippen LogP contribution in [0.15, 0.2) is 32.5 Å². The van der Waals surface area contributed by atoms with E-state index in [9.17, 15) is 0 Å². The molecule has 0 saturated heterocycles. The zero-order valence-electron chi connectivity index (χ0n) is 8.11. The van der Waals surface area contributed by atoms with Crippen molar-refractivity contribution >= 4 is 39.0 Å². The largest absolute Gasteiger partial charge is 0.259 e. The molecule has 0 unspecified atom stereocenters. The van der Waals surface area contributed by atoms with Crippen LogP contribution in [0.5, 0.6) is 0 Å². The van der Waals surface area contributed by atoms with Crippen molar-refractivity contribution in [2.24, 2.45) is 0 Å². The summed E-state index contributed by atoms with van der Waals surface area (Å²) in [6.07, 6.45) is 1.82. The maximum atomic E-state index is 4.39. The highest BCUT2D eigenvalue weighted by molar-refractivity contribution is 9.10. The summed E-state index contributed by atoms with van der Waals surface area (Å²) in [5.41, 5.74) is 2.17. The van der Waals surface area contributed by atoms with Gasteiger partial charge in [0, 0.05) is 27.5 Å². The van der Waals surface area contributed by atoms with E-state index in [0.717, 1.165) is 26.0 Å². The van der Waals surface area contributed by atoms with Gasteiger partial charge in [0.05, 0.1) is 5.69 Å². The van der Waals surface area contributed by atoms with Gasteiger partial charge in [-0.05, 0) is 35.0 Å². The van der Waals surface area contributed by atoms with Crippen LogP contribution in [0.25, 0.3) is 0 Å². The second kappa shape index (κ2) is 5.09. The van der Waals surface area contributed by atoms with E-state index >= 15 is 0 Å². The molecule has 0 saturated carbocycles. The number of halogens is 1. The van der Waals surface area contributed by atoms with Gasteiger partial charge < -0.3 is 0 Å². The molecule has 0 aliphatic rings. The van der Waals surface area contributed by atoms with E-state index in [-0.39, 0.29) is 0 Å². The third-order valence-electron chi connectivity index (χ3n) is 1.73. The van der Waals surface area contributed by atoms with E-state index in [1.54, 1.807) is 23.1 Å². The molecule has 2 heterocycles. The summed E-state index contributed by atoms with van der Waals surface area (Å²) in [7, 11) is 0. The normalized spacial score (nSPS) is 10.5. The Balaban J connectivity index is 1.96. The number of rotatable bonds is 3. The smallest absolute Gasteiger partial charge is 0.150 e. The van der Waals surface area contributed by atoms with Crippen molar-refractivity contribution in [2.45, 2.75) is 17.0 Å². The molecular weight excluding hydrogens is 292 g/mol. The van der Waals surface area contributed by atoms with Crippen LogP contribution in [-0.2, 0) is 5.75 Å². The van der Waals surface area contributed by atoms with Crippen LogP contribution in [-0.4, -0.2) is 9.97 Å². The minimum atomic E-state index is 0.875. The average molecular weight is 301 g/mol. The lowest BCUT2D eigenvalue weighted by molar-refractivity contribution is 1.14. The molecule has 15 heavy (non-hydrogen) atoms. The van der Waals surface area contributed by atoms with Crippen LogP contribution >= 0.6 is 39.0 Å². The Morgan fingerprint density at radius 3 is 2.93 bits per heavy atom. The van der Waals surface area contributed by atoms with E-state index in [1.807, 2.05) is 25.3 Å². The van der Waals surface area contributed by atoms with Crippen molar-refractivity contribution in [2.75, 3.05) is 0 Å². The Morgan fingerprint density at radius 1 is 1.47 bits per heavy atom. The van der Waals surface area contributed by atoms with Gasteiger partial charge in [0.2, 0.25) is 0 Å². The molecule has 0 N–H and O–H groups in total.